The van der Waals surface area contributed by atoms with Crippen molar-refractivity contribution in [3.8, 4) is 11.5 Å². The summed E-state index contributed by atoms with van der Waals surface area (Å²) in [5.41, 5.74) is 2.13. The second-order valence-electron chi connectivity index (χ2n) is 7.53. The summed E-state index contributed by atoms with van der Waals surface area (Å²) in [4.78, 5) is 0. The van der Waals surface area contributed by atoms with E-state index in [0.29, 0.717) is 30.1 Å². The average Bonchev–Trinajstić information content (AvgIpc) is 2.85. The Morgan fingerprint density at radius 2 is 1.71 bits per heavy atom. The Balaban J connectivity index is 1.63. The van der Waals surface area contributed by atoms with Gasteiger partial charge in [0.15, 0.2) is 11.5 Å². The van der Waals surface area contributed by atoms with Crippen LogP contribution in [0.4, 0.5) is 0 Å². The van der Waals surface area contributed by atoms with Gasteiger partial charge in [0.2, 0.25) is 0 Å². The summed E-state index contributed by atoms with van der Waals surface area (Å²) in [5, 5.41) is 3.68. The van der Waals surface area contributed by atoms with Crippen LogP contribution in [-0.4, -0.2) is 19.8 Å². The predicted octanol–water partition coefficient (Wildman–Crippen LogP) is 3.79. The van der Waals surface area contributed by atoms with Gasteiger partial charge in [-0.25, -0.2) is 0 Å². The molecule has 1 unspecified atom stereocenters. The van der Waals surface area contributed by atoms with E-state index in [1.54, 1.807) is 0 Å². The lowest BCUT2D eigenvalue weighted by Crippen LogP contribution is -2.23. The van der Waals surface area contributed by atoms with Crippen molar-refractivity contribution in [1.29, 1.82) is 0 Å². The Morgan fingerprint density at radius 3 is 2.33 bits per heavy atom. The van der Waals surface area contributed by atoms with Gasteiger partial charge in [0.25, 0.3) is 0 Å². The zero-order valence-electron chi connectivity index (χ0n) is 13.8. The first kappa shape index (κ1) is 14.7. The summed E-state index contributed by atoms with van der Waals surface area (Å²) < 4.78 is 11.2. The molecule has 0 saturated heterocycles. The highest BCUT2D eigenvalue weighted by Crippen LogP contribution is 2.68. The van der Waals surface area contributed by atoms with Gasteiger partial charge >= 0.3 is 0 Å². The molecule has 3 nitrogen and oxygen atoms in total. The van der Waals surface area contributed by atoms with E-state index >= 15 is 0 Å². The molecule has 1 aliphatic carbocycles. The number of benzene rings is 1. The molecular formula is C18H27NO2. The Bertz CT molecular complexity index is 522. The predicted molar refractivity (Wildman–Crippen MR) is 84.9 cm³/mol. The molecule has 1 N–H and O–H groups in total. The fourth-order valence-electron chi connectivity index (χ4n) is 3.59. The number of hydrogen-bond acceptors (Lipinski definition) is 3. The van der Waals surface area contributed by atoms with Crippen LogP contribution in [0.25, 0.3) is 0 Å². The largest absolute Gasteiger partial charge is 0.486 e. The Kier molecular flexibility index (Phi) is 3.44. The maximum absolute atomic E-state index is 5.67. The van der Waals surface area contributed by atoms with E-state index < -0.39 is 0 Å². The van der Waals surface area contributed by atoms with E-state index in [0.717, 1.165) is 24.0 Å². The van der Waals surface area contributed by atoms with Crippen LogP contribution in [0.2, 0.25) is 0 Å². The van der Waals surface area contributed by atoms with Crippen LogP contribution in [0, 0.1) is 16.7 Å². The molecule has 2 aliphatic rings. The van der Waals surface area contributed by atoms with Crippen LogP contribution < -0.4 is 14.8 Å². The van der Waals surface area contributed by atoms with E-state index in [9.17, 15) is 0 Å². The third-order valence-electron chi connectivity index (χ3n) is 6.01. The molecule has 21 heavy (non-hydrogen) atoms. The van der Waals surface area contributed by atoms with Crippen LogP contribution in [0.15, 0.2) is 18.2 Å². The maximum atomic E-state index is 5.67. The number of hydrogen-bond donors (Lipinski definition) is 1. The lowest BCUT2D eigenvalue weighted by molar-refractivity contribution is 0.171. The van der Waals surface area contributed by atoms with Crippen molar-refractivity contribution >= 4 is 0 Å². The number of fused-ring (bicyclic) bond motifs is 1. The van der Waals surface area contributed by atoms with Crippen molar-refractivity contribution < 1.29 is 9.47 Å². The van der Waals surface area contributed by atoms with Gasteiger partial charge in [0, 0.05) is 6.04 Å². The summed E-state index contributed by atoms with van der Waals surface area (Å²) in [7, 11) is 0. The van der Waals surface area contributed by atoms with Gasteiger partial charge in [-0.2, -0.15) is 0 Å². The standard InChI is InChI=1S/C18H27NO2/c1-12(19-11-16-17(2,3)18(16,4)5)13-6-7-14-15(10-13)21-9-8-20-14/h6-7,10,12,16,19H,8-9,11H2,1-5H3. The van der Waals surface area contributed by atoms with E-state index in [1.165, 1.54) is 5.56 Å². The molecule has 1 saturated carbocycles. The van der Waals surface area contributed by atoms with Gasteiger partial charge in [0.1, 0.15) is 13.2 Å². The highest BCUT2D eigenvalue weighted by atomic mass is 16.6. The third kappa shape index (κ3) is 2.42. The molecule has 3 heteroatoms. The molecule has 1 aliphatic heterocycles. The zero-order chi connectivity index (χ0) is 15.3. The normalized spacial score (nSPS) is 23.7. The monoisotopic (exact) mass is 289 g/mol. The minimum Gasteiger partial charge on any atom is -0.486 e. The van der Waals surface area contributed by atoms with Crippen LogP contribution in [0.1, 0.15) is 46.2 Å². The van der Waals surface area contributed by atoms with E-state index in [2.05, 4.69) is 52.1 Å². The van der Waals surface area contributed by atoms with Gasteiger partial charge < -0.3 is 14.8 Å². The molecule has 1 atom stereocenters. The summed E-state index contributed by atoms with van der Waals surface area (Å²) in [6.07, 6.45) is 0. The zero-order valence-corrected chi connectivity index (χ0v) is 13.8. The van der Waals surface area contributed by atoms with Crippen LogP contribution >= 0.6 is 0 Å². The average molecular weight is 289 g/mol. The fourth-order valence-corrected chi connectivity index (χ4v) is 3.59. The highest BCUT2D eigenvalue weighted by molar-refractivity contribution is 5.44. The van der Waals surface area contributed by atoms with Gasteiger partial charge in [0.05, 0.1) is 0 Å². The lowest BCUT2D eigenvalue weighted by Gasteiger charge is -2.21. The summed E-state index contributed by atoms with van der Waals surface area (Å²) in [5.74, 6) is 2.48. The number of nitrogens with one attached hydrogen (secondary N) is 1. The molecule has 1 heterocycles. The summed E-state index contributed by atoms with van der Waals surface area (Å²) >= 11 is 0. The van der Waals surface area contributed by atoms with Crippen molar-refractivity contribution in [3.05, 3.63) is 23.8 Å². The number of ether oxygens (including phenoxy) is 2. The van der Waals surface area contributed by atoms with Gasteiger partial charge in [-0.15, -0.1) is 0 Å². The fraction of sp³-hybridized carbons (Fsp3) is 0.667. The minimum absolute atomic E-state index is 0.327. The molecule has 0 aromatic heterocycles. The van der Waals surface area contributed by atoms with E-state index in [-0.39, 0.29) is 0 Å². The SMILES string of the molecule is CC(NCC1C(C)(C)C1(C)C)c1ccc2c(c1)OCCO2. The molecule has 1 fully saturated rings. The third-order valence-corrected chi connectivity index (χ3v) is 6.01. The van der Waals surface area contributed by atoms with Crippen LogP contribution in [-0.2, 0) is 0 Å². The van der Waals surface area contributed by atoms with Crippen molar-refractivity contribution in [1.82, 2.24) is 5.32 Å². The van der Waals surface area contributed by atoms with Gasteiger partial charge in [-0.05, 0) is 47.9 Å². The summed E-state index contributed by atoms with van der Waals surface area (Å²) in [6, 6.07) is 6.59. The van der Waals surface area contributed by atoms with Gasteiger partial charge in [-0.1, -0.05) is 33.8 Å². The number of rotatable bonds is 4. The molecule has 0 bridgehead atoms. The van der Waals surface area contributed by atoms with Gasteiger partial charge in [-0.3, -0.25) is 0 Å². The molecule has 1 aromatic rings. The molecule has 116 valence electrons. The smallest absolute Gasteiger partial charge is 0.161 e. The Morgan fingerprint density at radius 1 is 1.10 bits per heavy atom. The first-order valence-electron chi connectivity index (χ1n) is 7.97. The molecule has 0 amide bonds. The van der Waals surface area contributed by atoms with Crippen molar-refractivity contribution in [3.63, 3.8) is 0 Å². The lowest BCUT2D eigenvalue weighted by atomic mass is 10.0. The highest BCUT2D eigenvalue weighted by Gasteiger charge is 2.63. The molecule has 3 rings (SSSR count). The second-order valence-corrected chi connectivity index (χ2v) is 7.53. The first-order chi connectivity index (χ1) is 9.84. The second kappa shape index (κ2) is 4.91. The quantitative estimate of drug-likeness (QED) is 0.914. The topological polar surface area (TPSA) is 30.5 Å². The summed E-state index contributed by atoms with van der Waals surface area (Å²) in [6.45, 7) is 14.0. The molecule has 1 aromatic carbocycles. The van der Waals surface area contributed by atoms with Crippen LogP contribution in [0.3, 0.4) is 0 Å². The molecular weight excluding hydrogens is 262 g/mol. The van der Waals surface area contributed by atoms with Crippen LogP contribution in [0.5, 0.6) is 11.5 Å². The maximum Gasteiger partial charge on any atom is 0.161 e. The van der Waals surface area contributed by atoms with Crippen molar-refractivity contribution in [2.45, 2.75) is 40.7 Å². The molecule has 0 spiro atoms. The Hall–Kier alpha value is -1.22. The van der Waals surface area contributed by atoms with E-state index in [4.69, 9.17) is 9.47 Å². The van der Waals surface area contributed by atoms with Crippen molar-refractivity contribution in [2.75, 3.05) is 19.8 Å². The van der Waals surface area contributed by atoms with E-state index in [1.807, 2.05) is 6.07 Å². The first-order valence-corrected chi connectivity index (χ1v) is 7.97. The Labute approximate surface area is 128 Å². The minimum atomic E-state index is 0.327. The van der Waals surface area contributed by atoms with Crippen molar-refractivity contribution in [2.24, 2.45) is 16.7 Å². The molecule has 0 radical (unpaired) electrons.